The van der Waals surface area contributed by atoms with Crippen LogP contribution >= 0.6 is 0 Å². The minimum Gasteiger partial charge on any atom is -0.497 e. The van der Waals surface area contributed by atoms with Crippen LogP contribution in [0.4, 0.5) is 0 Å². The van der Waals surface area contributed by atoms with Gasteiger partial charge in [-0.2, -0.15) is 0 Å². The first kappa shape index (κ1) is 41.6. The summed E-state index contributed by atoms with van der Waals surface area (Å²) >= 11 is 0. The highest BCUT2D eigenvalue weighted by Crippen LogP contribution is 2.45. The molecular weight excluding hydrogens is 747 g/mol. The van der Waals surface area contributed by atoms with Crippen LogP contribution in [0.5, 0.6) is 11.5 Å². The van der Waals surface area contributed by atoms with Gasteiger partial charge in [-0.1, -0.05) is 57.2 Å². The molecule has 3 aliphatic rings. The van der Waals surface area contributed by atoms with Crippen molar-refractivity contribution < 1.29 is 37.1 Å². The van der Waals surface area contributed by atoms with E-state index in [1.165, 1.54) is 24.8 Å². The van der Waals surface area contributed by atoms with Gasteiger partial charge in [0.25, 0.3) is 5.91 Å². The van der Waals surface area contributed by atoms with Gasteiger partial charge in [-0.3, -0.25) is 23.9 Å². The van der Waals surface area contributed by atoms with E-state index in [4.69, 9.17) is 14.5 Å². The molecule has 0 bridgehead atoms. The molecule has 1 aliphatic carbocycles. The van der Waals surface area contributed by atoms with E-state index in [0.717, 1.165) is 24.8 Å². The van der Waals surface area contributed by atoms with E-state index in [0.29, 0.717) is 41.2 Å². The molecule has 3 aromatic rings. The summed E-state index contributed by atoms with van der Waals surface area (Å²) in [6, 6.07) is 15.9. The van der Waals surface area contributed by atoms with Gasteiger partial charge in [0.2, 0.25) is 27.7 Å². The van der Waals surface area contributed by atoms with Gasteiger partial charge < -0.3 is 24.6 Å². The SMILES string of the molecule is C=C[C@@H]1C[C@]1(NC(=O)[C@@H]1C[C@@H](Oc2cc(-c3ccccc3)nc3cc(OC)ccc23)CN1C(=O)[C@@H](CC(=O)N1CCCCC1)C(C)(C)C)C(=O)NS(=O)(=O)C(C)C. The molecule has 2 aliphatic heterocycles. The number of nitrogens with one attached hydrogen (secondary N) is 2. The number of piperidine rings is 1. The van der Waals surface area contributed by atoms with Crippen LogP contribution in [-0.2, 0) is 29.2 Å². The second-order valence-electron chi connectivity index (χ2n) is 16.8. The molecule has 6 rings (SSSR count). The third-order valence-corrected chi connectivity index (χ3v) is 13.2. The molecule has 1 aromatic heterocycles. The van der Waals surface area contributed by atoms with Gasteiger partial charge in [-0.15, -0.1) is 6.58 Å². The molecule has 1 saturated carbocycles. The van der Waals surface area contributed by atoms with Crippen LogP contribution in [0, 0.1) is 17.3 Å². The fourth-order valence-corrected chi connectivity index (χ4v) is 8.47. The van der Waals surface area contributed by atoms with Crippen LogP contribution in [0.2, 0.25) is 0 Å². The van der Waals surface area contributed by atoms with Crippen LogP contribution in [0.1, 0.15) is 73.1 Å². The Labute approximate surface area is 335 Å². The highest BCUT2D eigenvalue weighted by Gasteiger charge is 2.61. The molecule has 3 heterocycles. The van der Waals surface area contributed by atoms with Gasteiger partial charge in [-0.05, 0) is 57.1 Å². The zero-order chi connectivity index (χ0) is 41.3. The minimum absolute atomic E-state index is 0.0199. The molecule has 2 aromatic carbocycles. The summed E-state index contributed by atoms with van der Waals surface area (Å²) < 4.78 is 39.9. The molecule has 0 spiro atoms. The van der Waals surface area contributed by atoms with Crippen LogP contribution < -0.4 is 19.5 Å². The average Bonchev–Trinajstić information content (AvgIpc) is 3.75. The summed E-state index contributed by atoms with van der Waals surface area (Å²) in [5.41, 5.74) is -0.0622. The van der Waals surface area contributed by atoms with Crippen molar-refractivity contribution in [2.75, 3.05) is 26.7 Å². The number of ether oxygens (including phenoxy) is 2. The topological polar surface area (TPSA) is 164 Å². The van der Waals surface area contributed by atoms with E-state index in [9.17, 15) is 27.6 Å². The maximum atomic E-state index is 14.9. The third kappa shape index (κ3) is 8.95. The molecule has 0 unspecified atom stereocenters. The number of sulfonamides is 1. The minimum atomic E-state index is -4.01. The Morgan fingerprint density at radius 1 is 1.04 bits per heavy atom. The molecule has 57 heavy (non-hydrogen) atoms. The highest BCUT2D eigenvalue weighted by atomic mass is 32.2. The number of hydrogen-bond donors (Lipinski definition) is 2. The summed E-state index contributed by atoms with van der Waals surface area (Å²) in [7, 11) is -2.43. The molecule has 0 radical (unpaired) electrons. The smallest absolute Gasteiger partial charge is 0.259 e. The lowest BCUT2D eigenvalue weighted by Gasteiger charge is -2.36. The fourth-order valence-electron chi connectivity index (χ4n) is 7.80. The van der Waals surface area contributed by atoms with Crippen molar-refractivity contribution in [3.05, 3.63) is 67.3 Å². The van der Waals surface area contributed by atoms with E-state index in [1.807, 2.05) is 80.3 Å². The summed E-state index contributed by atoms with van der Waals surface area (Å²) in [5, 5.41) is 2.67. The Hall–Kier alpha value is -4.98. The number of amides is 4. The second kappa shape index (κ2) is 16.5. The monoisotopic (exact) mass is 801 g/mol. The van der Waals surface area contributed by atoms with Crippen LogP contribution in [0.15, 0.2) is 67.3 Å². The lowest BCUT2D eigenvalue weighted by Crippen LogP contribution is -2.57. The lowest BCUT2D eigenvalue weighted by atomic mass is 9.77. The quantitative estimate of drug-likeness (QED) is 0.220. The predicted octanol–water partition coefficient (Wildman–Crippen LogP) is 5.24. The number of nitrogens with zero attached hydrogens (tertiary/aromatic N) is 3. The van der Waals surface area contributed by atoms with Crippen molar-refractivity contribution in [3.63, 3.8) is 0 Å². The number of carbonyl (C=O) groups excluding carboxylic acids is 4. The van der Waals surface area contributed by atoms with E-state index in [1.54, 1.807) is 7.11 Å². The zero-order valence-corrected chi connectivity index (χ0v) is 34.6. The Kier molecular flexibility index (Phi) is 12.0. The number of pyridine rings is 1. The van der Waals surface area contributed by atoms with Crippen molar-refractivity contribution in [1.29, 1.82) is 0 Å². The molecule has 2 N–H and O–H groups in total. The zero-order valence-electron chi connectivity index (χ0n) is 33.7. The van der Waals surface area contributed by atoms with Crippen molar-refractivity contribution in [3.8, 4) is 22.8 Å². The van der Waals surface area contributed by atoms with Gasteiger partial charge in [0.05, 0.1) is 36.0 Å². The standard InChI is InChI=1S/C43H55N5O8S/c1-8-29-25-43(29,41(52)46-57(53,54)27(2)3)45-39(50)36-22-31(26-48(36)40(51)33(42(4,5)6)23-38(49)47-19-13-10-14-20-47)56-37-24-34(28-15-11-9-12-16-28)44-35-21-30(55-7)17-18-32(35)37/h8-9,11-12,15-18,21,24,27,29,31,33,36H,1,10,13-14,19-20,22-23,25-26H2,2-7H3,(H,45,50)(H,46,52)/t29-,31-,33-,36+,43-/m1/s1. The number of aromatic nitrogens is 1. The predicted molar refractivity (Wildman–Crippen MR) is 218 cm³/mol. The Morgan fingerprint density at radius 2 is 1.74 bits per heavy atom. The molecule has 13 nitrogen and oxygen atoms in total. The first-order valence-corrected chi connectivity index (χ1v) is 21.3. The summed E-state index contributed by atoms with van der Waals surface area (Å²) in [4.78, 5) is 64.8. The van der Waals surface area contributed by atoms with E-state index in [2.05, 4.69) is 16.6 Å². The van der Waals surface area contributed by atoms with Gasteiger partial charge in [0, 0.05) is 54.9 Å². The number of likely N-dealkylation sites (tertiary alicyclic amines) is 2. The van der Waals surface area contributed by atoms with E-state index < -0.39 is 62.0 Å². The second-order valence-corrected chi connectivity index (χ2v) is 19.1. The summed E-state index contributed by atoms with van der Waals surface area (Å²) in [5.74, 6) is -2.13. The summed E-state index contributed by atoms with van der Waals surface area (Å²) in [6.45, 7) is 13.8. The number of benzene rings is 2. The van der Waals surface area contributed by atoms with Gasteiger partial charge in [-0.25, -0.2) is 13.4 Å². The lowest BCUT2D eigenvalue weighted by molar-refractivity contribution is -0.148. The van der Waals surface area contributed by atoms with Gasteiger partial charge >= 0.3 is 0 Å². The van der Waals surface area contributed by atoms with Crippen LogP contribution in [-0.4, -0.2) is 96.5 Å². The van der Waals surface area contributed by atoms with Gasteiger partial charge in [0.1, 0.15) is 29.2 Å². The number of hydrogen-bond acceptors (Lipinski definition) is 9. The third-order valence-electron chi connectivity index (χ3n) is 11.5. The Morgan fingerprint density at radius 3 is 2.35 bits per heavy atom. The number of rotatable bonds is 13. The molecule has 2 saturated heterocycles. The van der Waals surface area contributed by atoms with Crippen molar-refractivity contribution in [2.24, 2.45) is 17.3 Å². The maximum Gasteiger partial charge on any atom is 0.259 e. The fraction of sp³-hybridized carbons (Fsp3) is 0.512. The largest absolute Gasteiger partial charge is 0.497 e. The van der Waals surface area contributed by atoms with E-state index >= 15 is 0 Å². The Bertz CT molecular complexity index is 2130. The molecule has 306 valence electrons. The van der Waals surface area contributed by atoms with Crippen molar-refractivity contribution in [2.45, 2.75) is 96.1 Å². The number of methoxy groups -OCH3 is 1. The molecule has 5 atom stereocenters. The molecule has 3 fully saturated rings. The number of fused-ring (bicyclic) bond motifs is 1. The molecule has 4 amide bonds. The molecular formula is C43H55N5O8S. The highest BCUT2D eigenvalue weighted by molar-refractivity contribution is 7.90. The first-order chi connectivity index (χ1) is 27.0. The van der Waals surface area contributed by atoms with Crippen molar-refractivity contribution in [1.82, 2.24) is 24.8 Å². The Balaban J connectivity index is 1.35. The normalized spacial score (nSPS) is 22.8. The van der Waals surface area contributed by atoms with Crippen LogP contribution in [0.3, 0.4) is 0 Å². The van der Waals surface area contributed by atoms with Gasteiger partial charge in [0.15, 0.2) is 0 Å². The van der Waals surface area contributed by atoms with Crippen molar-refractivity contribution >= 4 is 44.6 Å². The maximum absolute atomic E-state index is 14.9. The first-order valence-electron chi connectivity index (χ1n) is 19.8. The summed E-state index contributed by atoms with van der Waals surface area (Å²) in [6.07, 6.45) is 3.90. The van der Waals surface area contributed by atoms with Crippen LogP contribution in [0.25, 0.3) is 22.2 Å². The number of carbonyl (C=O) groups is 4. The van der Waals surface area contributed by atoms with E-state index in [-0.39, 0.29) is 37.6 Å². The average molecular weight is 802 g/mol. The molecule has 14 heteroatoms.